The van der Waals surface area contributed by atoms with E-state index in [0.717, 1.165) is 49.5 Å². The normalized spacial score (nSPS) is 16.5. The molecule has 0 bridgehead atoms. The van der Waals surface area contributed by atoms with Crippen LogP contribution in [-0.4, -0.2) is 24.1 Å². The number of hydrogen-bond donors (Lipinski definition) is 0. The van der Waals surface area contributed by atoms with Gasteiger partial charge in [0, 0.05) is 32.7 Å². The second kappa shape index (κ2) is 15.7. The minimum atomic E-state index is -0.639. The molecule has 12 aromatic carbocycles. The van der Waals surface area contributed by atoms with E-state index in [0.29, 0.717) is 0 Å². The Labute approximate surface area is 480 Å². The Kier molecular flexibility index (Phi) is 8.36. The highest BCUT2D eigenvalue weighted by atomic mass is 32.1. The number of nitrogens with zero attached hydrogens (tertiary/aromatic N) is 5. The van der Waals surface area contributed by atoms with Crippen LogP contribution in [0.25, 0.3) is 131 Å². The van der Waals surface area contributed by atoms with E-state index in [1.807, 2.05) is 6.20 Å². The summed E-state index contributed by atoms with van der Waals surface area (Å²) in [6.07, 6.45) is 1.98. The van der Waals surface area contributed by atoms with Crippen molar-refractivity contribution in [2.24, 2.45) is 0 Å². The highest BCUT2D eigenvalue weighted by Gasteiger charge is 2.53. The van der Waals surface area contributed by atoms with Crippen molar-refractivity contribution in [1.29, 1.82) is 0 Å². The van der Waals surface area contributed by atoms with Gasteiger partial charge in [0.2, 0.25) is 0 Å². The summed E-state index contributed by atoms with van der Waals surface area (Å²) in [5.41, 5.74) is 29.5. The number of aromatic nitrogens is 5. The molecule has 0 fully saturated rings. The van der Waals surface area contributed by atoms with Crippen LogP contribution in [0.3, 0.4) is 0 Å². The van der Waals surface area contributed by atoms with Gasteiger partial charge in [0.05, 0.1) is 77.4 Å². The molecule has 83 heavy (non-hydrogen) atoms. The van der Waals surface area contributed by atoms with Gasteiger partial charge in [-0.15, -0.1) is 11.3 Å². The lowest BCUT2D eigenvalue weighted by atomic mass is 9.65. The summed E-state index contributed by atoms with van der Waals surface area (Å²) < 4.78 is 6.21. The van der Waals surface area contributed by atoms with E-state index in [1.54, 1.807) is 11.3 Å². The largest absolute Gasteiger partial charge is 0.309 e. The highest BCUT2D eigenvalue weighted by Crippen LogP contribution is 2.64. The molecule has 2 aliphatic carbocycles. The van der Waals surface area contributed by atoms with Crippen molar-refractivity contribution in [3.63, 3.8) is 0 Å². The van der Waals surface area contributed by atoms with Gasteiger partial charge in [-0.3, -0.25) is 4.98 Å². The van der Waals surface area contributed by atoms with E-state index in [2.05, 4.69) is 264 Å². The zero-order valence-corrected chi connectivity index (χ0v) is 45.3. The molecular weight excluding hydrogens is 1030 g/mol. The van der Waals surface area contributed by atoms with Crippen molar-refractivity contribution in [2.45, 2.75) is 10.8 Å². The number of para-hydroxylation sites is 7. The van der Waals surface area contributed by atoms with Gasteiger partial charge in [0.15, 0.2) is 0 Å². The van der Waals surface area contributed by atoms with E-state index < -0.39 is 10.8 Å². The van der Waals surface area contributed by atoms with Gasteiger partial charge in [0.1, 0.15) is 5.01 Å². The summed E-state index contributed by atoms with van der Waals surface area (Å²) in [5.74, 6) is 0. The molecule has 0 N–H and O–H groups in total. The number of rotatable bonds is 3. The van der Waals surface area contributed by atoms with Crippen molar-refractivity contribution in [1.82, 2.24) is 24.1 Å². The first-order valence-corrected chi connectivity index (χ1v) is 29.4. The average Bonchev–Trinajstić information content (AvgIpc) is 1.99. The van der Waals surface area contributed by atoms with Gasteiger partial charge in [-0.05, 0) is 145 Å². The molecule has 0 saturated carbocycles. The Morgan fingerprint density at radius 1 is 0.313 bits per heavy atom. The van der Waals surface area contributed by atoms with Gasteiger partial charge < -0.3 is 9.13 Å². The van der Waals surface area contributed by atoms with E-state index in [1.165, 1.54) is 126 Å². The van der Waals surface area contributed by atoms with Crippen LogP contribution in [0, 0.1) is 0 Å². The minimum absolute atomic E-state index is 0.555. The van der Waals surface area contributed by atoms with Crippen LogP contribution in [0.15, 0.2) is 261 Å². The number of benzene rings is 12. The Bertz CT molecular complexity index is 5590. The molecule has 4 aromatic heterocycles. The number of hydrogen-bond acceptors (Lipinski definition) is 4. The van der Waals surface area contributed by atoms with Gasteiger partial charge >= 0.3 is 0 Å². The molecule has 6 heterocycles. The molecule has 2 spiro atoms. The maximum atomic E-state index is 5.45. The molecular formula is C77H43N5S. The van der Waals surface area contributed by atoms with Crippen LogP contribution >= 0.6 is 11.3 Å². The third kappa shape index (κ3) is 5.41. The lowest BCUT2D eigenvalue weighted by Gasteiger charge is -2.39. The fourth-order valence-corrected chi connectivity index (χ4v) is 16.9. The first-order valence-electron chi connectivity index (χ1n) is 28.6. The third-order valence-electron chi connectivity index (χ3n) is 19.2. The first-order chi connectivity index (χ1) is 41.1. The van der Waals surface area contributed by atoms with E-state index >= 15 is 0 Å². The van der Waals surface area contributed by atoms with Crippen LogP contribution in [-0.2, 0) is 10.8 Å². The second-order valence-corrected chi connectivity index (χ2v) is 23.9. The molecule has 16 aromatic rings. The second-order valence-electron chi connectivity index (χ2n) is 22.9. The first kappa shape index (κ1) is 44.2. The third-order valence-corrected chi connectivity index (χ3v) is 20.3. The molecule has 382 valence electrons. The molecule has 2 unspecified atom stereocenters. The maximum Gasteiger partial charge on any atom is 0.124 e. The van der Waals surface area contributed by atoms with E-state index in [9.17, 15) is 0 Å². The zero-order valence-electron chi connectivity index (χ0n) is 44.5. The number of fused-ring (bicyclic) bond motifs is 26. The summed E-state index contributed by atoms with van der Waals surface area (Å²) in [5, 5.41) is 6.09. The Hall–Kier alpha value is -10.5. The summed E-state index contributed by atoms with van der Waals surface area (Å²) >= 11 is 1.76. The van der Waals surface area contributed by atoms with Gasteiger partial charge in [0.25, 0.3) is 0 Å². The van der Waals surface area contributed by atoms with Crippen molar-refractivity contribution in [3.05, 3.63) is 305 Å². The van der Waals surface area contributed by atoms with Gasteiger partial charge in [-0.2, -0.15) is 0 Å². The van der Waals surface area contributed by atoms with Gasteiger partial charge in [-0.1, -0.05) is 188 Å². The van der Waals surface area contributed by atoms with E-state index in [4.69, 9.17) is 15.0 Å². The topological polar surface area (TPSA) is 48.5 Å². The molecule has 0 radical (unpaired) electrons. The average molecular weight is 1070 g/mol. The standard InChI is InChI=1S/C77H43N5S/c1-4-20-56-48(15-1)49-36-32-46(40-62(49)76(56)57-21-5-10-28-70(57)81-68-26-8-2-16-52(68)54-18-13-23-59(76)73(54)81)67-43-78-66-42-45(34-38-64(66)79-67)44-31-35-50-51-37-33-47(75-80-65-25-7-12-30-72(65)83-75)41-63(51)77(61(50)39-44)58-22-6-11-29-71(58)82-69-27-9-3-17-53(69)55-19-14-24-60(77)74(55)82/h1-43H. The quantitative estimate of drug-likeness (QED) is 0.177. The zero-order chi connectivity index (χ0) is 53.9. The molecule has 2 atom stereocenters. The summed E-state index contributed by atoms with van der Waals surface area (Å²) in [6, 6.07) is 95.2. The predicted molar refractivity (Wildman–Crippen MR) is 339 cm³/mol. The minimum Gasteiger partial charge on any atom is -0.309 e. The number of thiazole rings is 1. The smallest absolute Gasteiger partial charge is 0.124 e. The van der Waals surface area contributed by atoms with Crippen LogP contribution in [0.4, 0.5) is 0 Å². The van der Waals surface area contributed by atoms with Crippen molar-refractivity contribution in [3.8, 4) is 66.6 Å². The Balaban J connectivity index is 0.751. The summed E-state index contributed by atoms with van der Waals surface area (Å²) in [4.78, 5) is 15.9. The van der Waals surface area contributed by atoms with Gasteiger partial charge in [-0.25, -0.2) is 9.97 Å². The van der Waals surface area contributed by atoms with Crippen LogP contribution < -0.4 is 0 Å². The molecule has 6 heteroatoms. The predicted octanol–water partition coefficient (Wildman–Crippen LogP) is 18.8. The molecule has 0 amide bonds. The monoisotopic (exact) mass is 1070 g/mol. The van der Waals surface area contributed by atoms with Crippen molar-refractivity contribution in [2.75, 3.05) is 0 Å². The molecule has 2 aliphatic heterocycles. The maximum absolute atomic E-state index is 5.45. The van der Waals surface area contributed by atoms with E-state index in [-0.39, 0.29) is 0 Å². The summed E-state index contributed by atoms with van der Waals surface area (Å²) in [6.45, 7) is 0. The van der Waals surface area contributed by atoms with Crippen molar-refractivity contribution >= 4 is 76.2 Å². The Morgan fingerprint density at radius 3 is 1.47 bits per heavy atom. The fourth-order valence-electron chi connectivity index (χ4n) is 16.0. The van der Waals surface area contributed by atoms with Crippen molar-refractivity contribution < 1.29 is 0 Å². The van der Waals surface area contributed by atoms with Crippen LogP contribution in [0.2, 0.25) is 0 Å². The molecule has 4 aliphatic rings. The molecule has 0 saturated heterocycles. The SMILES string of the molecule is c1ccc2c(c1)-c1ccc(-c3cnc4cc(-c5ccc6c(c5)C5(c7cc(-c8nc9ccccc9s8)ccc7-6)c6ccccc6-n6c7ccccc7c7cccc5c76)ccc4n3)cc1C21c2ccccc2-n2c3ccccc3c3cccc1c32. The van der Waals surface area contributed by atoms with Crippen LogP contribution in [0.1, 0.15) is 44.5 Å². The fraction of sp³-hybridized carbons (Fsp3) is 0.0260. The lowest BCUT2D eigenvalue weighted by molar-refractivity contribution is 0.748. The lowest BCUT2D eigenvalue weighted by Crippen LogP contribution is -2.33. The summed E-state index contributed by atoms with van der Waals surface area (Å²) in [7, 11) is 0. The molecule has 5 nitrogen and oxygen atoms in total. The van der Waals surface area contributed by atoms with Crippen LogP contribution in [0.5, 0.6) is 0 Å². The Morgan fingerprint density at radius 2 is 0.795 bits per heavy atom. The molecule has 20 rings (SSSR count). The highest BCUT2D eigenvalue weighted by molar-refractivity contribution is 7.21.